The number of benzene rings is 6. The number of carbonyl (C=O) groups excluding carboxylic acids is 2. The van der Waals surface area contributed by atoms with Crippen molar-refractivity contribution in [1.29, 1.82) is 0 Å². The number of nitrogen functional groups attached to an aromatic ring is 2. The van der Waals surface area contributed by atoms with Gasteiger partial charge in [-0.3, -0.25) is 9.59 Å². The summed E-state index contributed by atoms with van der Waals surface area (Å²) in [5, 5.41) is 40.6. The molecule has 0 atom stereocenters. The van der Waals surface area contributed by atoms with Gasteiger partial charge < -0.3 is 50.5 Å². The van der Waals surface area contributed by atoms with E-state index < -0.39 is 119 Å². The second kappa shape index (κ2) is 23.8. The maximum Gasteiger partial charge on any atom is 1.00 e. The van der Waals surface area contributed by atoms with Gasteiger partial charge >= 0.3 is 118 Å². The molecule has 0 aromatic heterocycles. The normalized spacial score (nSPS) is 11.9. The molecule has 0 heterocycles. The number of anilines is 4. The zero-order valence-corrected chi connectivity index (χ0v) is 46.9. The number of phenolic OH excluding ortho intramolecular Hbond substituents is 2. The monoisotopic (exact) mass is 1050 g/mol. The maximum atomic E-state index is 13.1. The fourth-order valence-electron chi connectivity index (χ4n) is 6.04. The Morgan fingerprint density at radius 3 is 1.12 bits per heavy atom. The summed E-state index contributed by atoms with van der Waals surface area (Å²) in [7, 11) is -20.7. The SMILES string of the molecule is Nc1ccc2cc(S(=O)(=O)[O-])cc(O)c2c1N=Nc1c(NC(=O)CCC(=O)Nc2cccc(S(=O)(=O)[O-])c2N=Nc2c(N)ccc3cc(S(=O)(=O)[O-])cc(O)c23)cccc1S(=O)(=O)[O-].[Na+].[Na+].[Na+].[Na+]. The van der Waals surface area contributed by atoms with Crippen molar-refractivity contribution in [3.63, 3.8) is 0 Å². The van der Waals surface area contributed by atoms with Crippen molar-refractivity contribution in [3.8, 4) is 11.5 Å². The van der Waals surface area contributed by atoms with Crippen molar-refractivity contribution >= 4 is 119 Å². The van der Waals surface area contributed by atoms with Gasteiger partial charge in [-0.1, -0.05) is 24.3 Å². The van der Waals surface area contributed by atoms with E-state index in [1.54, 1.807) is 0 Å². The summed E-state index contributed by atoms with van der Waals surface area (Å²) >= 11 is 0. The van der Waals surface area contributed by atoms with Gasteiger partial charge in [-0.25, -0.2) is 33.7 Å². The maximum absolute atomic E-state index is 13.1. The van der Waals surface area contributed by atoms with Gasteiger partial charge in [0.25, 0.3) is 0 Å². The van der Waals surface area contributed by atoms with Crippen LogP contribution in [0.3, 0.4) is 0 Å². The van der Waals surface area contributed by atoms with Gasteiger partial charge in [0.1, 0.15) is 74.7 Å². The minimum absolute atomic E-state index is 0. The third kappa shape index (κ3) is 14.2. The van der Waals surface area contributed by atoms with Crippen molar-refractivity contribution in [2.75, 3.05) is 22.1 Å². The number of carbonyl (C=O) groups is 2. The molecule has 0 saturated heterocycles. The van der Waals surface area contributed by atoms with Crippen LogP contribution in [0.4, 0.5) is 45.5 Å². The second-order valence-electron chi connectivity index (χ2n) is 13.2. The van der Waals surface area contributed by atoms with Gasteiger partial charge in [0.05, 0.1) is 53.1 Å². The Kier molecular flexibility index (Phi) is 21.3. The van der Waals surface area contributed by atoms with Crippen LogP contribution >= 0.6 is 0 Å². The number of hydrogen-bond acceptors (Lipinski definition) is 22. The van der Waals surface area contributed by atoms with Crippen LogP contribution in [-0.2, 0) is 50.1 Å². The molecular weight excluding hydrogens is 1020 g/mol. The van der Waals surface area contributed by atoms with Crippen molar-refractivity contribution in [1.82, 2.24) is 0 Å². The van der Waals surface area contributed by atoms with Crippen molar-refractivity contribution in [2.45, 2.75) is 32.4 Å². The molecule has 24 nitrogen and oxygen atoms in total. The summed E-state index contributed by atoms with van der Waals surface area (Å²) in [6.45, 7) is 0. The molecule has 0 aliphatic carbocycles. The molecule has 0 unspecified atom stereocenters. The van der Waals surface area contributed by atoms with Gasteiger partial charge in [0.2, 0.25) is 11.8 Å². The van der Waals surface area contributed by atoms with E-state index in [0.717, 1.165) is 48.5 Å². The zero-order chi connectivity index (χ0) is 47.1. The molecule has 32 heteroatoms. The second-order valence-corrected chi connectivity index (χ2v) is 18.7. The molecule has 0 fully saturated rings. The number of phenols is 2. The van der Waals surface area contributed by atoms with E-state index in [4.69, 9.17) is 11.5 Å². The molecule has 0 saturated carbocycles. The number of hydrogen-bond donors (Lipinski definition) is 6. The standard InChI is InChI=1S/C36H30N8O16S4.4Na/c37-21-9-7-17-13-19(61(49,50)51)15-25(45)31(17)33(21)41-43-35-23(3-1-5-27(35)63(55,56)57)39-29(47)11-12-30(48)40-24-4-2-6-28(64(58,59)60)36(24)44-42-34-22(38)10-8-18-14-20(62(52,53)54)16-26(46)32(18)34;;;;/h1-10,13-16,45-46H,11-12,37-38H2,(H,39,47)(H,40,48)(H,49,50,51)(H,52,53,54)(H,55,56,57)(H,58,59,60);;;;/q;4*+1/p-4. The van der Waals surface area contributed by atoms with Crippen molar-refractivity contribution < 1.29 is 190 Å². The molecule has 6 aromatic carbocycles. The number of azo groups is 2. The molecule has 334 valence electrons. The largest absolute Gasteiger partial charge is 1.00 e. The Bertz CT molecular complexity index is 3280. The number of rotatable bonds is 13. The van der Waals surface area contributed by atoms with E-state index in [-0.39, 0.29) is 163 Å². The van der Waals surface area contributed by atoms with Gasteiger partial charge in [-0.2, -0.15) is 0 Å². The van der Waals surface area contributed by atoms with Gasteiger partial charge in [0.15, 0.2) is 0 Å². The molecule has 0 radical (unpaired) electrons. The fraction of sp³-hybridized carbons (Fsp3) is 0.0556. The van der Waals surface area contributed by atoms with E-state index in [9.17, 15) is 71.7 Å². The number of nitrogens with two attached hydrogens (primary N) is 2. The van der Waals surface area contributed by atoms with Crippen LogP contribution in [0.2, 0.25) is 0 Å². The van der Waals surface area contributed by atoms with E-state index in [1.165, 1.54) is 24.3 Å². The van der Waals surface area contributed by atoms with Crippen LogP contribution in [0.15, 0.2) is 125 Å². The summed E-state index contributed by atoms with van der Waals surface area (Å²) in [5.41, 5.74) is 8.54. The molecule has 0 bridgehead atoms. The van der Waals surface area contributed by atoms with E-state index in [0.29, 0.717) is 12.1 Å². The predicted octanol–water partition coefficient (Wildman–Crippen LogP) is -7.61. The van der Waals surface area contributed by atoms with Crippen LogP contribution in [-0.4, -0.2) is 73.9 Å². The number of nitrogens with zero attached hydrogens (tertiary/aromatic N) is 4. The van der Waals surface area contributed by atoms with Crippen LogP contribution < -0.4 is 140 Å². The molecule has 68 heavy (non-hydrogen) atoms. The van der Waals surface area contributed by atoms with E-state index >= 15 is 0 Å². The van der Waals surface area contributed by atoms with Crippen LogP contribution in [0.1, 0.15) is 12.8 Å². The van der Waals surface area contributed by atoms with Gasteiger partial charge in [-0.05, 0) is 71.4 Å². The molecule has 2 amide bonds. The minimum atomic E-state index is -5.34. The topological polar surface area (TPSA) is 429 Å². The third-order valence-corrected chi connectivity index (χ3v) is 12.3. The molecular formula is C36H26N8Na4O16S4. The summed E-state index contributed by atoms with van der Waals surface area (Å²) in [6.07, 6.45) is -1.37. The van der Waals surface area contributed by atoms with E-state index in [1.807, 2.05) is 0 Å². The van der Waals surface area contributed by atoms with Crippen molar-refractivity contribution in [3.05, 3.63) is 84.9 Å². The first kappa shape index (κ1) is 60.9. The number of fused-ring (bicyclic) bond motifs is 2. The molecule has 6 aromatic rings. The van der Waals surface area contributed by atoms with Crippen LogP contribution in [0.25, 0.3) is 21.5 Å². The number of amides is 2. The molecule has 0 spiro atoms. The molecule has 0 aliphatic heterocycles. The van der Waals surface area contributed by atoms with Crippen molar-refractivity contribution in [2.24, 2.45) is 20.5 Å². The molecule has 6 rings (SSSR count). The summed E-state index contributed by atoms with van der Waals surface area (Å²) in [6, 6.07) is 13.9. The zero-order valence-electron chi connectivity index (χ0n) is 35.7. The first-order valence-corrected chi connectivity index (χ1v) is 23.0. The van der Waals surface area contributed by atoms with Gasteiger partial charge in [-0.15, -0.1) is 20.5 Å². The Balaban J connectivity index is 0.00000397. The Hall–Kier alpha value is -3.18. The first-order chi connectivity index (χ1) is 29.7. The predicted molar refractivity (Wildman–Crippen MR) is 220 cm³/mol. The average Bonchev–Trinajstić information content (AvgIpc) is 3.18. The van der Waals surface area contributed by atoms with E-state index in [2.05, 4.69) is 31.1 Å². The smallest absolute Gasteiger partial charge is 0.744 e. The average molecular weight is 1050 g/mol. The molecule has 0 aliphatic rings. The summed E-state index contributed by atoms with van der Waals surface area (Å²) in [5.74, 6) is -3.55. The Labute approximate surface area is 474 Å². The van der Waals surface area contributed by atoms with Gasteiger partial charge in [0, 0.05) is 12.8 Å². The molecule has 8 N–H and O–H groups in total. The Morgan fingerprint density at radius 2 is 0.809 bits per heavy atom. The Morgan fingerprint density at radius 1 is 0.485 bits per heavy atom. The van der Waals surface area contributed by atoms with Crippen LogP contribution in [0.5, 0.6) is 11.5 Å². The first-order valence-electron chi connectivity index (χ1n) is 17.4. The summed E-state index contributed by atoms with van der Waals surface area (Å²) in [4.78, 5) is 22.7. The minimum Gasteiger partial charge on any atom is -0.744 e. The van der Waals surface area contributed by atoms with Crippen LogP contribution in [0, 0.1) is 0 Å². The fourth-order valence-corrected chi connectivity index (χ4v) is 8.36. The number of aromatic hydroxyl groups is 2. The third-order valence-electron chi connectivity index (χ3n) is 8.89. The quantitative estimate of drug-likeness (QED) is 0.0271. The summed E-state index contributed by atoms with van der Waals surface area (Å²) < 4.78 is 143. The number of nitrogens with one attached hydrogen (secondary N) is 2.